The molecule has 0 aliphatic carbocycles. The van der Waals surface area contributed by atoms with Gasteiger partial charge in [0, 0.05) is 31.2 Å². The second-order valence-corrected chi connectivity index (χ2v) is 7.19. The minimum atomic E-state index is -0.310. The van der Waals surface area contributed by atoms with Crippen LogP contribution in [0, 0.1) is 5.82 Å². The predicted octanol–water partition coefficient (Wildman–Crippen LogP) is 2.97. The summed E-state index contributed by atoms with van der Waals surface area (Å²) in [5, 5.41) is 2.82. The summed E-state index contributed by atoms with van der Waals surface area (Å²) in [7, 11) is 0. The average molecular weight is 380 g/mol. The molecule has 28 heavy (non-hydrogen) atoms. The van der Waals surface area contributed by atoms with Gasteiger partial charge >= 0.3 is 0 Å². The molecule has 4 rings (SSSR count). The molecule has 0 fully saturated rings. The lowest BCUT2D eigenvalue weighted by Crippen LogP contribution is -2.44. The van der Waals surface area contributed by atoms with E-state index in [-0.39, 0.29) is 23.7 Å². The number of benzene rings is 2. The van der Waals surface area contributed by atoms with Crippen LogP contribution < -0.4 is 5.32 Å². The highest BCUT2D eigenvalue weighted by atomic mass is 19.1. The van der Waals surface area contributed by atoms with Crippen LogP contribution in [0.3, 0.4) is 0 Å². The number of halogens is 1. The number of carbonyl (C=O) groups is 2. The Kier molecular flexibility index (Phi) is 4.58. The molecule has 0 saturated carbocycles. The van der Waals surface area contributed by atoms with Gasteiger partial charge in [0.05, 0.1) is 11.0 Å². The lowest BCUT2D eigenvalue weighted by molar-refractivity contribution is 0.0643. The minimum absolute atomic E-state index is 0.0836. The van der Waals surface area contributed by atoms with E-state index >= 15 is 0 Å². The summed E-state index contributed by atoms with van der Waals surface area (Å²) in [6.07, 6.45) is 0. The number of hydrogen-bond acceptors (Lipinski definition) is 3. The predicted molar refractivity (Wildman–Crippen MR) is 103 cm³/mol. The van der Waals surface area contributed by atoms with Crippen molar-refractivity contribution in [2.24, 2.45) is 0 Å². The molecule has 2 aromatic carbocycles. The van der Waals surface area contributed by atoms with Crippen molar-refractivity contribution in [1.29, 1.82) is 0 Å². The van der Waals surface area contributed by atoms with E-state index in [0.717, 1.165) is 11.1 Å². The van der Waals surface area contributed by atoms with E-state index in [1.54, 1.807) is 29.2 Å². The van der Waals surface area contributed by atoms with Crippen LogP contribution in [0.15, 0.2) is 42.5 Å². The number of carbonyl (C=O) groups excluding carboxylic acids is 2. The summed E-state index contributed by atoms with van der Waals surface area (Å²) in [6, 6.07) is 11.4. The fourth-order valence-corrected chi connectivity index (χ4v) is 3.48. The molecule has 1 aromatic heterocycles. The number of amides is 2. The standard InChI is InChI=1S/C21H21FN4O2/c1-13(2)25-9-10-26-18-8-5-15(11-17(18)24-19(26)21(25)28)20(27)23-12-14-3-6-16(22)7-4-14/h3-8,11,13H,9-10,12H2,1-2H3,(H,23,27). The van der Waals surface area contributed by atoms with E-state index in [0.29, 0.717) is 36.5 Å². The van der Waals surface area contributed by atoms with Crippen molar-refractivity contribution in [2.45, 2.75) is 33.0 Å². The topological polar surface area (TPSA) is 67.2 Å². The first-order valence-electron chi connectivity index (χ1n) is 9.28. The zero-order chi connectivity index (χ0) is 19.8. The summed E-state index contributed by atoms with van der Waals surface area (Å²) in [5.74, 6) is -0.222. The summed E-state index contributed by atoms with van der Waals surface area (Å²) < 4.78 is 14.9. The van der Waals surface area contributed by atoms with E-state index < -0.39 is 0 Å². The third-order valence-electron chi connectivity index (χ3n) is 5.02. The van der Waals surface area contributed by atoms with Crippen LogP contribution in [0.5, 0.6) is 0 Å². The van der Waals surface area contributed by atoms with Crippen LogP contribution in [-0.4, -0.2) is 38.9 Å². The summed E-state index contributed by atoms with van der Waals surface area (Å²) in [6.45, 7) is 5.61. The van der Waals surface area contributed by atoms with Crippen LogP contribution in [0.1, 0.15) is 40.4 Å². The Morgan fingerprint density at radius 2 is 1.93 bits per heavy atom. The van der Waals surface area contributed by atoms with Crippen molar-refractivity contribution in [3.63, 3.8) is 0 Å². The van der Waals surface area contributed by atoms with Gasteiger partial charge < -0.3 is 14.8 Å². The maximum Gasteiger partial charge on any atom is 0.290 e. The normalized spacial score (nSPS) is 13.9. The molecule has 6 nitrogen and oxygen atoms in total. The Morgan fingerprint density at radius 1 is 1.18 bits per heavy atom. The van der Waals surface area contributed by atoms with E-state index in [1.807, 2.05) is 24.5 Å². The van der Waals surface area contributed by atoms with E-state index in [9.17, 15) is 14.0 Å². The van der Waals surface area contributed by atoms with Gasteiger partial charge in [-0.2, -0.15) is 0 Å². The second kappa shape index (κ2) is 7.07. The smallest absolute Gasteiger partial charge is 0.290 e. The van der Waals surface area contributed by atoms with Gasteiger partial charge in [-0.3, -0.25) is 9.59 Å². The van der Waals surface area contributed by atoms with Crippen LogP contribution in [0.4, 0.5) is 4.39 Å². The van der Waals surface area contributed by atoms with Gasteiger partial charge in [-0.25, -0.2) is 9.37 Å². The number of imidazole rings is 1. The van der Waals surface area contributed by atoms with Gasteiger partial charge in [-0.1, -0.05) is 12.1 Å². The van der Waals surface area contributed by atoms with E-state index in [2.05, 4.69) is 10.3 Å². The molecule has 7 heteroatoms. The van der Waals surface area contributed by atoms with Crippen LogP contribution >= 0.6 is 0 Å². The number of nitrogens with one attached hydrogen (secondary N) is 1. The van der Waals surface area contributed by atoms with Crippen molar-refractivity contribution in [1.82, 2.24) is 19.8 Å². The molecular weight excluding hydrogens is 359 g/mol. The lowest BCUT2D eigenvalue weighted by Gasteiger charge is -2.30. The fraction of sp³-hybridized carbons (Fsp3) is 0.286. The van der Waals surface area contributed by atoms with Gasteiger partial charge in [0.1, 0.15) is 5.82 Å². The highest BCUT2D eigenvalue weighted by Gasteiger charge is 2.29. The highest BCUT2D eigenvalue weighted by molar-refractivity contribution is 6.00. The lowest BCUT2D eigenvalue weighted by atomic mass is 10.1. The Hall–Kier alpha value is -3.22. The van der Waals surface area contributed by atoms with Crippen molar-refractivity contribution in [2.75, 3.05) is 6.54 Å². The molecule has 2 amide bonds. The Bertz CT molecular complexity index is 1060. The quantitative estimate of drug-likeness (QED) is 0.757. The van der Waals surface area contributed by atoms with E-state index in [1.165, 1.54) is 12.1 Å². The third-order valence-corrected chi connectivity index (χ3v) is 5.02. The number of hydrogen-bond donors (Lipinski definition) is 1. The molecule has 144 valence electrons. The average Bonchev–Trinajstić information content (AvgIpc) is 3.06. The van der Waals surface area contributed by atoms with Gasteiger partial charge in [0.15, 0.2) is 5.82 Å². The van der Waals surface area contributed by atoms with Crippen molar-refractivity contribution < 1.29 is 14.0 Å². The Balaban J connectivity index is 1.56. The monoisotopic (exact) mass is 380 g/mol. The molecular formula is C21H21FN4O2. The summed E-state index contributed by atoms with van der Waals surface area (Å²) in [4.78, 5) is 31.4. The molecule has 3 aromatic rings. The minimum Gasteiger partial charge on any atom is -0.348 e. The molecule has 0 atom stereocenters. The summed E-state index contributed by atoms with van der Waals surface area (Å²) in [5.41, 5.74) is 2.76. The molecule has 0 saturated heterocycles. The Morgan fingerprint density at radius 3 is 2.64 bits per heavy atom. The van der Waals surface area contributed by atoms with Crippen molar-refractivity contribution in [3.05, 3.63) is 65.2 Å². The van der Waals surface area contributed by atoms with Crippen LogP contribution in [0.25, 0.3) is 11.0 Å². The SMILES string of the molecule is CC(C)N1CCn2c(nc3cc(C(=O)NCc4ccc(F)cc4)ccc32)C1=O. The van der Waals surface area contributed by atoms with Gasteiger partial charge in [0.25, 0.3) is 11.8 Å². The van der Waals surface area contributed by atoms with Gasteiger partial charge in [-0.05, 0) is 49.7 Å². The third kappa shape index (κ3) is 3.24. The fourth-order valence-electron chi connectivity index (χ4n) is 3.48. The van der Waals surface area contributed by atoms with E-state index in [4.69, 9.17) is 0 Å². The van der Waals surface area contributed by atoms with Crippen LogP contribution in [0.2, 0.25) is 0 Å². The molecule has 2 heterocycles. The maximum atomic E-state index is 13.0. The molecule has 0 spiro atoms. The van der Waals surface area contributed by atoms with Gasteiger partial charge in [-0.15, -0.1) is 0 Å². The maximum absolute atomic E-state index is 13.0. The highest BCUT2D eigenvalue weighted by Crippen LogP contribution is 2.23. The summed E-state index contributed by atoms with van der Waals surface area (Å²) >= 11 is 0. The number of aromatic nitrogens is 2. The number of fused-ring (bicyclic) bond motifs is 3. The first-order chi connectivity index (χ1) is 13.4. The molecule has 0 radical (unpaired) electrons. The molecule has 1 aliphatic heterocycles. The van der Waals surface area contributed by atoms with Crippen LogP contribution in [-0.2, 0) is 13.1 Å². The number of nitrogens with zero attached hydrogens (tertiary/aromatic N) is 3. The first-order valence-corrected chi connectivity index (χ1v) is 9.28. The number of rotatable bonds is 4. The van der Waals surface area contributed by atoms with Crippen molar-refractivity contribution >= 4 is 22.8 Å². The molecule has 1 aliphatic rings. The van der Waals surface area contributed by atoms with Crippen molar-refractivity contribution in [3.8, 4) is 0 Å². The first kappa shape index (κ1) is 18.2. The Labute approximate surface area is 162 Å². The molecule has 0 bridgehead atoms. The second-order valence-electron chi connectivity index (χ2n) is 7.19. The zero-order valence-electron chi connectivity index (χ0n) is 15.8. The molecule has 1 N–H and O–H groups in total. The van der Waals surface area contributed by atoms with Gasteiger partial charge in [0.2, 0.25) is 0 Å². The zero-order valence-corrected chi connectivity index (χ0v) is 15.8. The molecule has 0 unspecified atom stereocenters. The largest absolute Gasteiger partial charge is 0.348 e.